The van der Waals surface area contributed by atoms with Gasteiger partial charge in [-0.2, -0.15) is 5.26 Å². The van der Waals surface area contributed by atoms with Crippen molar-refractivity contribution in [2.45, 2.75) is 31.1 Å². The maximum Gasteiger partial charge on any atom is 0.283 e. The van der Waals surface area contributed by atoms with Crippen molar-refractivity contribution < 1.29 is 14.2 Å². The lowest BCUT2D eigenvalue weighted by atomic mass is 9.69. The Hall–Kier alpha value is -3.04. The molecular weight excluding hydrogens is 354 g/mol. The number of nitrogens with two attached hydrogens (primary N) is 1. The lowest BCUT2D eigenvalue weighted by molar-refractivity contribution is -0.116. The molecule has 142 valence electrons. The number of benzene rings is 2. The molecule has 0 bridgehead atoms. The predicted octanol–water partition coefficient (Wildman–Crippen LogP) is 2.95. The van der Waals surface area contributed by atoms with Crippen LogP contribution in [0.3, 0.4) is 0 Å². The van der Waals surface area contributed by atoms with E-state index in [4.69, 9.17) is 24.9 Å². The molecule has 2 aromatic carbocycles. The van der Waals surface area contributed by atoms with E-state index in [-0.39, 0.29) is 24.1 Å². The average molecular weight is 375 g/mol. The quantitative estimate of drug-likeness (QED) is 0.828. The smallest absolute Gasteiger partial charge is 0.283 e. The van der Waals surface area contributed by atoms with Gasteiger partial charge in [-0.05, 0) is 42.3 Å². The highest BCUT2D eigenvalue weighted by atomic mass is 16.5. The summed E-state index contributed by atoms with van der Waals surface area (Å²) in [5.74, 6) is 0.841. The number of hydrogen-bond donors (Lipinski definition) is 1. The molecule has 0 radical (unpaired) electrons. The van der Waals surface area contributed by atoms with Crippen LogP contribution in [0.5, 0.6) is 5.75 Å². The third kappa shape index (κ3) is 2.47. The molecule has 4 atom stereocenters. The van der Waals surface area contributed by atoms with Crippen molar-refractivity contribution in [1.82, 2.24) is 0 Å². The molecule has 2 unspecified atom stereocenters. The van der Waals surface area contributed by atoms with Gasteiger partial charge in [-0.15, -0.1) is 0 Å². The monoisotopic (exact) mass is 375 g/mol. The summed E-state index contributed by atoms with van der Waals surface area (Å²) in [5, 5.41) is 9.22. The van der Waals surface area contributed by atoms with Crippen molar-refractivity contribution in [3.8, 4) is 22.9 Å². The van der Waals surface area contributed by atoms with Crippen LogP contribution in [-0.4, -0.2) is 31.4 Å². The van der Waals surface area contributed by atoms with E-state index in [0.29, 0.717) is 18.8 Å². The first-order valence-electron chi connectivity index (χ1n) is 9.52. The highest BCUT2D eigenvalue weighted by Crippen LogP contribution is 2.52. The van der Waals surface area contributed by atoms with Crippen molar-refractivity contribution in [3.63, 3.8) is 0 Å². The molecule has 3 aliphatic rings. The lowest BCUT2D eigenvalue weighted by Crippen LogP contribution is -2.56. The van der Waals surface area contributed by atoms with Crippen molar-refractivity contribution in [2.75, 3.05) is 13.2 Å². The highest BCUT2D eigenvalue weighted by Gasteiger charge is 2.57. The SMILES string of the molecule is C[C@H]1OCCC2Oc3ccc(-c4cccc(C#N)c4)cc3[C@@]3(COC(N)=N3)C21. The normalized spacial score (nSPS) is 30.4. The Morgan fingerprint density at radius 1 is 1.21 bits per heavy atom. The summed E-state index contributed by atoms with van der Waals surface area (Å²) in [5.41, 5.74) is 8.91. The summed E-state index contributed by atoms with van der Waals surface area (Å²) in [4.78, 5) is 4.78. The summed E-state index contributed by atoms with van der Waals surface area (Å²) in [6, 6.07) is 16.1. The van der Waals surface area contributed by atoms with Gasteiger partial charge in [0.2, 0.25) is 0 Å². The Morgan fingerprint density at radius 3 is 2.86 bits per heavy atom. The first kappa shape index (κ1) is 17.1. The molecule has 6 nitrogen and oxygen atoms in total. The number of nitriles is 1. The molecule has 1 spiro atoms. The zero-order valence-corrected chi connectivity index (χ0v) is 15.6. The van der Waals surface area contributed by atoms with Gasteiger partial charge in [0.15, 0.2) is 0 Å². The second kappa shape index (κ2) is 6.25. The Labute approximate surface area is 163 Å². The minimum Gasteiger partial charge on any atom is -0.489 e. The largest absolute Gasteiger partial charge is 0.489 e. The third-order valence-electron chi connectivity index (χ3n) is 6.04. The fourth-order valence-electron chi connectivity index (χ4n) is 4.80. The van der Waals surface area contributed by atoms with Crippen LogP contribution < -0.4 is 10.5 Å². The van der Waals surface area contributed by atoms with Gasteiger partial charge in [0.05, 0.1) is 30.3 Å². The summed E-state index contributed by atoms with van der Waals surface area (Å²) in [7, 11) is 0. The van der Waals surface area contributed by atoms with E-state index in [0.717, 1.165) is 28.9 Å². The predicted molar refractivity (Wildman–Crippen MR) is 104 cm³/mol. The molecule has 0 saturated carbocycles. The number of nitrogens with zero attached hydrogens (tertiary/aromatic N) is 2. The summed E-state index contributed by atoms with van der Waals surface area (Å²) in [6.45, 7) is 3.12. The van der Waals surface area contributed by atoms with Gasteiger partial charge in [-0.3, -0.25) is 0 Å². The van der Waals surface area contributed by atoms with Crippen molar-refractivity contribution >= 4 is 6.02 Å². The van der Waals surface area contributed by atoms with Crippen LogP contribution in [0.1, 0.15) is 24.5 Å². The molecule has 0 aromatic heterocycles. The van der Waals surface area contributed by atoms with Gasteiger partial charge < -0.3 is 19.9 Å². The standard InChI is InChI=1S/C22H21N3O3/c1-13-20-19(7-8-26-13)28-18-6-5-16(15-4-2-3-14(9-15)11-23)10-17(18)22(20)12-27-21(24)25-22/h2-6,9-10,13,19-20H,7-8,12H2,1H3,(H2,24,25)/t13-,19?,20?,22+/m1/s1. The van der Waals surface area contributed by atoms with Gasteiger partial charge in [-0.25, -0.2) is 4.99 Å². The van der Waals surface area contributed by atoms with E-state index in [1.54, 1.807) is 6.07 Å². The molecular formula is C22H21N3O3. The van der Waals surface area contributed by atoms with Crippen LogP contribution >= 0.6 is 0 Å². The van der Waals surface area contributed by atoms with E-state index < -0.39 is 5.54 Å². The second-order valence-corrected chi connectivity index (χ2v) is 7.61. The lowest BCUT2D eigenvalue weighted by Gasteiger charge is -2.48. The molecule has 1 fully saturated rings. The molecule has 0 amide bonds. The fourth-order valence-corrected chi connectivity index (χ4v) is 4.80. The molecule has 6 heteroatoms. The molecule has 3 heterocycles. The minimum atomic E-state index is -0.620. The van der Waals surface area contributed by atoms with Crippen LogP contribution in [0.25, 0.3) is 11.1 Å². The van der Waals surface area contributed by atoms with Crippen LogP contribution in [0.4, 0.5) is 0 Å². The summed E-state index contributed by atoms with van der Waals surface area (Å²) >= 11 is 0. The van der Waals surface area contributed by atoms with Gasteiger partial charge in [0.1, 0.15) is 24.0 Å². The van der Waals surface area contributed by atoms with Crippen LogP contribution in [0.15, 0.2) is 47.5 Å². The second-order valence-electron chi connectivity index (χ2n) is 7.61. The molecule has 2 N–H and O–H groups in total. The van der Waals surface area contributed by atoms with Crippen molar-refractivity contribution in [2.24, 2.45) is 16.6 Å². The van der Waals surface area contributed by atoms with Gasteiger partial charge in [0, 0.05) is 12.0 Å². The number of ether oxygens (including phenoxy) is 3. The fraction of sp³-hybridized carbons (Fsp3) is 0.364. The van der Waals surface area contributed by atoms with Crippen molar-refractivity contribution in [3.05, 3.63) is 53.6 Å². The molecule has 1 saturated heterocycles. The number of hydrogen-bond acceptors (Lipinski definition) is 6. The van der Waals surface area contributed by atoms with Crippen LogP contribution in [0, 0.1) is 17.2 Å². The first-order valence-corrected chi connectivity index (χ1v) is 9.52. The molecule has 3 aliphatic heterocycles. The van der Waals surface area contributed by atoms with E-state index >= 15 is 0 Å². The first-order chi connectivity index (χ1) is 13.6. The average Bonchev–Trinajstić information content (AvgIpc) is 3.10. The zero-order valence-electron chi connectivity index (χ0n) is 15.6. The van der Waals surface area contributed by atoms with E-state index in [9.17, 15) is 5.26 Å². The molecule has 2 aromatic rings. The van der Waals surface area contributed by atoms with Gasteiger partial charge >= 0.3 is 0 Å². The zero-order chi connectivity index (χ0) is 19.3. The summed E-state index contributed by atoms with van der Waals surface area (Å²) in [6.07, 6.45) is 0.815. The number of amidine groups is 1. The third-order valence-corrected chi connectivity index (χ3v) is 6.04. The Bertz CT molecular complexity index is 1010. The topological polar surface area (TPSA) is 89.9 Å². The van der Waals surface area contributed by atoms with E-state index in [1.165, 1.54) is 0 Å². The van der Waals surface area contributed by atoms with Gasteiger partial charge in [-0.1, -0.05) is 18.2 Å². The summed E-state index contributed by atoms with van der Waals surface area (Å²) < 4.78 is 18.0. The maximum atomic E-state index is 9.22. The number of aliphatic imine (C=N–C) groups is 1. The Balaban J connectivity index is 1.68. The van der Waals surface area contributed by atoms with E-state index in [2.05, 4.69) is 19.1 Å². The number of rotatable bonds is 1. The molecule has 5 rings (SSSR count). The molecule has 28 heavy (non-hydrogen) atoms. The van der Waals surface area contributed by atoms with Crippen LogP contribution in [0.2, 0.25) is 0 Å². The minimum absolute atomic E-state index is 0.0160. The number of fused-ring (bicyclic) bond motifs is 4. The van der Waals surface area contributed by atoms with Crippen LogP contribution in [-0.2, 0) is 15.0 Å². The van der Waals surface area contributed by atoms with E-state index in [1.807, 2.05) is 30.3 Å². The van der Waals surface area contributed by atoms with Gasteiger partial charge in [0.25, 0.3) is 6.02 Å². The van der Waals surface area contributed by atoms with Crippen molar-refractivity contribution in [1.29, 1.82) is 5.26 Å². The Morgan fingerprint density at radius 2 is 2.07 bits per heavy atom. The Kier molecular flexibility index (Phi) is 3.81. The molecule has 0 aliphatic carbocycles. The highest BCUT2D eigenvalue weighted by molar-refractivity contribution is 5.75. The maximum absolute atomic E-state index is 9.22.